The van der Waals surface area contributed by atoms with Gasteiger partial charge in [-0.2, -0.15) is 0 Å². The maximum absolute atomic E-state index is 14.2. The largest absolute Gasteiger partial charge is 0.308 e. The second-order valence-electron chi connectivity index (χ2n) is 6.78. The minimum Gasteiger partial charge on any atom is -0.308 e. The average molecular weight is 426 g/mol. The van der Waals surface area contributed by atoms with Crippen molar-refractivity contribution in [3.05, 3.63) is 58.7 Å². The van der Waals surface area contributed by atoms with Gasteiger partial charge in [0.05, 0.1) is 10.2 Å². The van der Waals surface area contributed by atoms with Crippen LogP contribution in [0.25, 0.3) is 10.2 Å². The Labute approximate surface area is 173 Å². The molecule has 3 aromatic rings. The molecule has 1 aromatic heterocycles. The molecule has 8 heteroatoms. The van der Waals surface area contributed by atoms with Gasteiger partial charge in [0.2, 0.25) is 0 Å². The zero-order chi connectivity index (χ0) is 19.7. The van der Waals surface area contributed by atoms with Gasteiger partial charge in [0.25, 0.3) is 5.91 Å². The lowest BCUT2D eigenvalue weighted by atomic mass is 10.1. The normalized spacial score (nSPS) is 11.0. The molecule has 0 aliphatic rings. The molecule has 0 unspecified atom stereocenters. The van der Waals surface area contributed by atoms with Crippen LogP contribution < -0.4 is 4.90 Å². The summed E-state index contributed by atoms with van der Waals surface area (Å²) in [5.74, 6) is -2.47. The van der Waals surface area contributed by atoms with Crippen LogP contribution in [-0.4, -0.2) is 43.0 Å². The summed E-state index contributed by atoms with van der Waals surface area (Å²) in [4.78, 5) is 20.9. The lowest BCUT2D eigenvalue weighted by Gasteiger charge is -2.22. The van der Waals surface area contributed by atoms with Crippen molar-refractivity contribution >= 4 is 45.0 Å². The summed E-state index contributed by atoms with van der Waals surface area (Å²) in [5.41, 5.74) is 2.35. The molecular formula is C20H22ClF2N3OS. The van der Waals surface area contributed by atoms with Crippen molar-refractivity contribution in [3.63, 3.8) is 0 Å². The lowest BCUT2D eigenvalue weighted by Crippen LogP contribution is -2.37. The van der Waals surface area contributed by atoms with E-state index in [1.807, 2.05) is 45.0 Å². The number of carbonyl (C=O) groups excluding carboxylic acids is 1. The van der Waals surface area contributed by atoms with E-state index in [9.17, 15) is 13.6 Å². The van der Waals surface area contributed by atoms with Gasteiger partial charge in [-0.25, -0.2) is 13.8 Å². The van der Waals surface area contributed by atoms with Gasteiger partial charge in [0.15, 0.2) is 5.13 Å². The fourth-order valence-electron chi connectivity index (χ4n) is 2.90. The monoisotopic (exact) mass is 425 g/mol. The van der Waals surface area contributed by atoms with Crippen LogP contribution in [0.4, 0.5) is 13.9 Å². The molecule has 0 saturated heterocycles. The summed E-state index contributed by atoms with van der Waals surface area (Å²) < 4.78 is 29.3. The number of amides is 1. The molecule has 150 valence electrons. The third kappa shape index (κ3) is 4.48. The number of anilines is 1. The quantitative estimate of drug-likeness (QED) is 0.588. The molecule has 0 aliphatic carbocycles. The second kappa shape index (κ2) is 8.94. The average Bonchev–Trinajstić information content (AvgIpc) is 2.98. The Morgan fingerprint density at radius 2 is 1.75 bits per heavy atom. The number of aromatic nitrogens is 1. The van der Waals surface area contributed by atoms with Gasteiger partial charge in [0.1, 0.15) is 17.2 Å². The van der Waals surface area contributed by atoms with E-state index >= 15 is 0 Å². The Balaban J connectivity index is 0.00000280. The highest BCUT2D eigenvalue weighted by molar-refractivity contribution is 7.22. The zero-order valence-corrected chi connectivity index (χ0v) is 17.8. The van der Waals surface area contributed by atoms with Crippen LogP contribution in [0.15, 0.2) is 30.3 Å². The summed E-state index contributed by atoms with van der Waals surface area (Å²) >= 11 is 1.35. The van der Waals surface area contributed by atoms with Crippen LogP contribution in [0, 0.1) is 25.5 Å². The first-order chi connectivity index (χ1) is 12.8. The molecule has 0 bridgehead atoms. The molecular weight excluding hydrogens is 404 g/mol. The lowest BCUT2D eigenvalue weighted by molar-refractivity contribution is 0.0977. The number of fused-ring (bicyclic) bond motifs is 1. The van der Waals surface area contributed by atoms with Gasteiger partial charge >= 0.3 is 0 Å². The first-order valence-electron chi connectivity index (χ1n) is 8.56. The fraction of sp³-hybridized carbons (Fsp3) is 0.300. The van der Waals surface area contributed by atoms with Gasteiger partial charge in [-0.05, 0) is 57.3 Å². The Hall–Kier alpha value is -2.09. The molecule has 0 fully saturated rings. The number of hydrogen-bond acceptors (Lipinski definition) is 4. The van der Waals surface area contributed by atoms with E-state index in [1.165, 1.54) is 22.3 Å². The number of halogens is 3. The molecule has 2 aromatic carbocycles. The van der Waals surface area contributed by atoms with E-state index < -0.39 is 23.1 Å². The van der Waals surface area contributed by atoms with Gasteiger partial charge in [-0.3, -0.25) is 9.69 Å². The SMILES string of the molecule is Cc1cc(C)c2nc(N(CCN(C)C)C(=O)c3c(F)cccc3F)sc2c1.Cl. The molecule has 0 saturated carbocycles. The van der Waals surface area contributed by atoms with E-state index in [0.717, 1.165) is 33.5 Å². The predicted molar refractivity (Wildman–Crippen MR) is 113 cm³/mol. The van der Waals surface area contributed by atoms with Gasteiger partial charge in [-0.1, -0.05) is 23.5 Å². The number of likely N-dealkylation sites (N-methyl/N-ethyl adjacent to an activating group) is 1. The third-order valence-electron chi connectivity index (χ3n) is 4.24. The first-order valence-corrected chi connectivity index (χ1v) is 9.38. The zero-order valence-electron chi connectivity index (χ0n) is 16.1. The van der Waals surface area contributed by atoms with Crippen LogP contribution in [0.1, 0.15) is 21.5 Å². The molecule has 0 radical (unpaired) electrons. The highest BCUT2D eigenvalue weighted by atomic mass is 35.5. The van der Waals surface area contributed by atoms with E-state index in [-0.39, 0.29) is 19.0 Å². The van der Waals surface area contributed by atoms with Crippen LogP contribution in [0.3, 0.4) is 0 Å². The summed E-state index contributed by atoms with van der Waals surface area (Å²) in [7, 11) is 3.75. The van der Waals surface area contributed by atoms with Crippen molar-refractivity contribution < 1.29 is 13.6 Å². The van der Waals surface area contributed by atoms with E-state index in [2.05, 4.69) is 4.98 Å². The third-order valence-corrected chi connectivity index (χ3v) is 5.27. The molecule has 0 atom stereocenters. The summed E-state index contributed by atoms with van der Waals surface area (Å²) in [6, 6.07) is 7.45. The number of hydrogen-bond donors (Lipinski definition) is 0. The first kappa shape index (κ1) is 22.2. The highest BCUT2D eigenvalue weighted by Crippen LogP contribution is 2.32. The van der Waals surface area contributed by atoms with Gasteiger partial charge < -0.3 is 4.90 Å². The number of benzene rings is 2. The summed E-state index contributed by atoms with van der Waals surface area (Å²) in [6.45, 7) is 4.77. The molecule has 0 aliphatic heterocycles. The van der Waals surface area contributed by atoms with Crippen molar-refractivity contribution in [1.82, 2.24) is 9.88 Å². The van der Waals surface area contributed by atoms with Crippen LogP contribution in [-0.2, 0) is 0 Å². The van der Waals surface area contributed by atoms with Gasteiger partial charge in [-0.15, -0.1) is 12.4 Å². The smallest absolute Gasteiger partial charge is 0.266 e. The summed E-state index contributed by atoms with van der Waals surface area (Å²) in [5, 5.41) is 0.438. The van der Waals surface area contributed by atoms with Crippen molar-refractivity contribution in [2.75, 3.05) is 32.1 Å². The maximum Gasteiger partial charge on any atom is 0.266 e. The van der Waals surface area contributed by atoms with E-state index in [1.54, 1.807) is 0 Å². The molecule has 4 nitrogen and oxygen atoms in total. The Bertz CT molecular complexity index is 986. The second-order valence-corrected chi connectivity index (χ2v) is 7.79. The topological polar surface area (TPSA) is 36.4 Å². The van der Waals surface area contributed by atoms with Crippen molar-refractivity contribution in [1.29, 1.82) is 0 Å². The van der Waals surface area contributed by atoms with E-state index in [0.29, 0.717) is 11.7 Å². The Morgan fingerprint density at radius 1 is 1.11 bits per heavy atom. The number of aryl methyl sites for hydroxylation is 2. The van der Waals surface area contributed by atoms with Crippen molar-refractivity contribution in [3.8, 4) is 0 Å². The fourth-order valence-corrected chi connectivity index (χ4v) is 4.06. The summed E-state index contributed by atoms with van der Waals surface area (Å²) in [6.07, 6.45) is 0. The maximum atomic E-state index is 14.2. The number of rotatable bonds is 5. The van der Waals surface area contributed by atoms with Crippen LogP contribution in [0.2, 0.25) is 0 Å². The number of carbonyl (C=O) groups is 1. The Morgan fingerprint density at radius 3 is 2.36 bits per heavy atom. The molecule has 3 rings (SSSR count). The number of thiazole rings is 1. The van der Waals surface area contributed by atoms with Crippen LogP contribution >= 0.6 is 23.7 Å². The molecule has 28 heavy (non-hydrogen) atoms. The molecule has 0 N–H and O–H groups in total. The standard InChI is InChI=1S/C20H21F2N3OS.ClH/c1-12-10-13(2)18-16(11-12)27-20(23-18)25(9-8-24(3)4)19(26)17-14(21)6-5-7-15(17)22;/h5-7,10-11H,8-9H2,1-4H3;1H. The van der Waals surface area contributed by atoms with E-state index in [4.69, 9.17) is 0 Å². The van der Waals surface area contributed by atoms with Crippen molar-refractivity contribution in [2.24, 2.45) is 0 Å². The predicted octanol–water partition coefficient (Wildman–Crippen LogP) is 4.82. The highest BCUT2D eigenvalue weighted by Gasteiger charge is 2.26. The minimum absolute atomic E-state index is 0. The van der Waals surface area contributed by atoms with Crippen molar-refractivity contribution in [2.45, 2.75) is 13.8 Å². The molecule has 1 amide bonds. The number of nitrogens with zero attached hydrogens (tertiary/aromatic N) is 3. The molecule has 0 spiro atoms. The van der Waals surface area contributed by atoms with Crippen LogP contribution in [0.5, 0.6) is 0 Å². The Kier molecular flexibility index (Phi) is 7.09. The molecule has 1 heterocycles. The van der Waals surface area contributed by atoms with Gasteiger partial charge in [0, 0.05) is 13.1 Å². The minimum atomic E-state index is -0.872.